The van der Waals surface area contributed by atoms with Gasteiger partial charge in [0, 0.05) is 17.1 Å². The van der Waals surface area contributed by atoms with E-state index in [2.05, 4.69) is 17.3 Å². The van der Waals surface area contributed by atoms with Gasteiger partial charge in [-0.25, -0.2) is 0 Å². The number of nitrogens with one attached hydrogen (secondary N) is 1. The van der Waals surface area contributed by atoms with Crippen molar-refractivity contribution in [3.05, 3.63) is 15.8 Å². The van der Waals surface area contributed by atoms with Crippen molar-refractivity contribution < 1.29 is 4.79 Å². The van der Waals surface area contributed by atoms with Crippen LogP contribution in [0.25, 0.3) is 0 Å². The highest BCUT2D eigenvalue weighted by Crippen LogP contribution is 2.23. The van der Waals surface area contributed by atoms with Crippen LogP contribution >= 0.6 is 11.3 Å². The van der Waals surface area contributed by atoms with Crippen LogP contribution in [0.5, 0.6) is 0 Å². The van der Waals surface area contributed by atoms with Crippen LogP contribution in [0.4, 0.5) is 5.69 Å². The molecule has 1 saturated heterocycles. The molecule has 5 heteroatoms. The van der Waals surface area contributed by atoms with Crippen LogP contribution in [0.1, 0.15) is 33.8 Å². The number of aryl methyl sites for hydroxylation is 1. The van der Waals surface area contributed by atoms with E-state index in [1.807, 2.05) is 6.92 Å². The summed E-state index contributed by atoms with van der Waals surface area (Å²) >= 11 is 1.47. The number of hydrogen-bond donors (Lipinski definition) is 2. The molecular weight excluding hydrogens is 258 g/mol. The number of piperidine rings is 1. The number of nitrogen functional groups attached to an aromatic ring is 1. The molecule has 1 aromatic rings. The highest BCUT2D eigenvalue weighted by atomic mass is 32.1. The normalized spacial score (nSPS) is 17.6. The van der Waals surface area contributed by atoms with Crippen molar-refractivity contribution >= 4 is 22.9 Å². The van der Waals surface area contributed by atoms with Crippen LogP contribution in [0, 0.1) is 12.8 Å². The molecule has 0 aliphatic carbocycles. The number of rotatable bonds is 4. The quantitative estimate of drug-likeness (QED) is 0.888. The summed E-state index contributed by atoms with van der Waals surface area (Å²) in [4.78, 5) is 16.0. The maximum Gasteiger partial charge on any atom is 0.261 e. The number of amides is 1. The number of nitrogens with two attached hydrogens (primary N) is 1. The Labute approximate surface area is 119 Å². The lowest BCUT2D eigenvalue weighted by Crippen LogP contribution is -2.32. The van der Waals surface area contributed by atoms with E-state index in [1.165, 1.54) is 37.3 Å². The molecule has 0 aromatic carbocycles. The summed E-state index contributed by atoms with van der Waals surface area (Å²) in [6.07, 6.45) is 3.58. The summed E-state index contributed by atoms with van der Waals surface area (Å²) in [6.45, 7) is 5.07. The Balaban J connectivity index is 1.72. The summed E-state index contributed by atoms with van der Waals surface area (Å²) in [5.41, 5.74) is 6.48. The van der Waals surface area contributed by atoms with E-state index >= 15 is 0 Å². The zero-order valence-corrected chi connectivity index (χ0v) is 12.6. The van der Waals surface area contributed by atoms with Crippen molar-refractivity contribution in [3.8, 4) is 0 Å². The lowest BCUT2D eigenvalue weighted by Gasteiger charge is -2.28. The molecule has 106 valence electrons. The van der Waals surface area contributed by atoms with E-state index < -0.39 is 0 Å². The van der Waals surface area contributed by atoms with Crippen molar-refractivity contribution in [2.45, 2.75) is 26.2 Å². The van der Waals surface area contributed by atoms with Gasteiger partial charge in [-0.15, -0.1) is 11.3 Å². The third-order valence-electron chi connectivity index (χ3n) is 3.86. The predicted octanol–water partition coefficient (Wildman–Crippen LogP) is 2.10. The zero-order valence-electron chi connectivity index (χ0n) is 11.7. The largest absolute Gasteiger partial charge is 0.398 e. The van der Waals surface area contributed by atoms with Gasteiger partial charge in [-0.05, 0) is 58.3 Å². The highest BCUT2D eigenvalue weighted by Gasteiger charge is 2.17. The summed E-state index contributed by atoms with van der Waals surface area (Å²) in [6, 6.07) is 1.77. The molecule has 0 atom stereocenters. The monoisotopic (exact) mass is 281 g/mol. The van der Waals surface area contributed by atoms with Gasteiger partial charge in [0.2, 0.25) is 0 Å². The van der Waals surface area contributed by atoms with Gasteiger partial charge in [-0.3, -0.25) is 4.79 Å². The van der Waals surface area contributed by atoms with Gasteiger partial charge in [0.15, 0.2) is 0 Å². The Morgan fingerprint density at radius 1 is 1.53 bits per heavy atom. The van der Waals surface area contributed by atoms with Gasteiger partial charge < -0.3 is 16.0 Å². The first-order chi connectivity index (χ1) is 9.06. The van der Waals surface area contributed by atoms with Gasteiger partial charge in [0.25, 0.3) is 5.91 Å². The second kappa shape index (κ2) is 6.39. The first-order valence-electron chi connectivity index (χ1n) is 6.89. The molecule has 2 heterocycles. The van der Waals surface area contributed by atoms with Crippen LogP contribution in [0.2, 0.25) is 0 Å². The Hall–Kier alpha value is -1.07. The number of hydrogen-bond acceptors (Lipinski definition) is 4. The van der Waals surface area contributed by atoms with Gasteiger partial charge >= 0.3 is 0 Å². The fourth-order valence-electron chi connectivity index (χ4n) is 2.44. The molecular formula is C14H23N3OS. The van der Waals surface area contributed by atoms with Crippen molar-refractivity contribution in [1.29, 1.82) is 0 Å². The molecule has 0 bridgehead atoms. The fraction of sp³-hybridized carbons (Fsp3) is 0.643. The number of anilines is 1. The van der Waals surface area contributed by atoms with E-state index in [0.29, 0.717) is 5.69 Å². The highest BCUT2D eigenvalue weighted by molar-refractivity contribution is 7.14. The van der Waals surface area contributed by atoms with Crippen LogP contribution in [-0.4, -0.2) is 37.5 Å². The third-order valence-corrected chi connectivity index (χ3v) is 4.92. The molecule has 2 rings (SSSR count). The summed E-state index contributed by atoms with van der Waals surface area (Å²) in [5, 5.41) is 3.00. The first kappa shape index (κ1) is 14.3. The fourth-order valence-corrected chi connectivity index (χ4v) is 3.29. The summed E-state index contributed by atoms with van der Waals surface area (Å²) < 4.78 is 0. The van der Waals surface area contributed by atoms with Gasteiger partial charge in [0.1, 0.15) is 0 Å². The minimum atomic E-state index is 0.0118. The van der Waals surface area contributed by atoms with Crippen molar-refractivity contribution in [2.75, 3.05) is 32.4 Å². The average Bonchev–Trinajstić information content (AvgIpc) is 2.72. The maximum absolute atomic E-state index is 11.9. The molecule has 1 aliphatic rings. The molecule has 4 nitrogen and oxygen atoms in total. The van der Waals surface area contributed by atoms with E-state index in [4.69, 9.17) is 5.73 Å². The topological polar surface area (TPSA) is 58.4 Å². The smallest absolute Gasteiger partial charge is 0.261 e. The van der Waals surface area contributed by atoms with Crippen LogP contribution in [0.3, 0.4) is 0 Å². The molecule has 1 aliphatic heterocycles. The number of nitrogens with zero attached hydrogens (tertiary/aromatic N) is 1. The zero-order chi connectivity index (χ0) is 13.8. The number of likely N-dealkylation sites (tertiary alicyclic amines) is 1. The first-order valence-corrected chi connectivity index (χ1v) is 7.70. The standard InChI is InChI=1S/C14H23N3OS/c1-10-12(15)9-13(19-10)14(18)16-6-3-11-4-7-17(2)8-5-11/h9,11H,3-8,15H2,1-2H3,(H,16,18). The molecule has 1 amide bonds. The number of carbonyl (C=O) groups is 1. The Bertz CT molecular complexity index is 416. The molecule has 3 N–H and O–H groups in total. The van der Waals surface area contributed by atoms with Crippen LogP contribution in [-0.2, 0) is 0 Å². The molecule has 0 radical (unpaired) electrons. The lowest BCUT2D eigenvalue weighted by molar-refractivity contribution is 0.0953. The van der Waals surface area contributed by atoms with E-state index in [9.17, 15) is 4.79 Å². The average molecular weight is 281 g/mol. The second-order valence-corrected chi connectivity index (χ2v) is 6.67. The Kier molecular flexibility index (Phi) is 4.82. The molecule has 0 saturated carbocycles. The Morgan fingerprint density at radius 2 is 2.21 bits per heavy atom. The summed E-state index contributed by atoms with van der Waals surface area (Å²) in [5.74, 6) is 0.768. The number of thiophene rings is 1. The predicted molar refractivity (Wildman–Crippen MR) is 80.6 cm³/mol. The SMILES string of the molecule is Cc1sc(C(=O)NCCC2CCN(C)CC2)cc1N. The molecule has 0 unspecified atom stereocenters. The minimum absolute atomic E-state index is 0.0118. The van der Waals surface area contributed by atoms with Crippen molar-refractivity contribution in [2.24, 2.45) is 5.92 Å². The molecule has 1 aromatic heterocycles. The summed E-state index contributed by atoms with van der Waals surface area (Å²) in [7, 11) is 2.17. The van der Waals surface area contributed by atoms with Gasteiger partial charge in [0.05, 0.1) is 4.88 Å². The van der Waals surface area contributed by atoms with E-state index in [-0.39, 0.29) is 5.91 Å². The second-order valence-electron chi connectivity index (χ2n) is 5.41. The van der Waals surface area contributed by atoms with Crippen molar-refractivity contribution in [1.82, 2.24) is 10.2 Å². The van der Waals surface area contributed by atoms with Crippen molar-refractivity contribution in [3.63, 3.8) is 0 Å². The van der Waals surface area contributed by atoms with E-state index in [0.717, 1.165) is 28.6 Å². The van der Waals surface area contributed by atoms with Crippen LogP contribution in [0.15, 0.2) is 6.07 Å². The maximum atomic E-state index is 11.9. The lowest BCUT2D eigenvalue weighted by atomic mass is 9.94. The molecule has 1 fully saturated rings. The molecule has 19 heavy (non-hydrogen) atoms. The van der Waals surface area contributed by atoms with Crippen LogP contribution < -0.4 is 11.1 Å². The van der Waals surface area contributed by atoms with Gasteiger partial charge in [-0.1, -0.05) is 0 Å². The van der Waals surface area contributed by atoms with E-state index in [1.54, 1.807) is 6.07 Å². The van der Waals surface area contributed by atoms with Gasteiger partial charge in [-0.2, -0.15) is 0 Å². The number of carbonyl (C=O) groups excluding carboxylic acids is 1. The minimum Gasteiger partial charge on any atom is -0.398 e. The molecule has 0 spiro atoms. The Morgan fingerprint density at radius 3 is 2.79 bits per heavy atom. The third kappa shape index (κ3) is 3.94.